The molecule has 0 rings (SSSR count). The summed E-state index contributed by atoms with van der Waals surface area (Å²) < 4.78 is 7.30. The molecule has 2 heteroatoms. The monoisotopic (exact) mass is 131 g/mol. The van der Waals surface area contributed by atoms with Crippen LogP contribution in [0.4, 0.5) is 0 Å². The predicted octanol–water partition coefficient (Wildman–Crippen LogP) is 1.03. The van der Waals surface area contributed by atoms with E-state index in [0.29, 0.717) is 0 Å². The first kappa shape index (κ1) is 7.15. The first-order valence-electron chi connectivity index (χ1n) is 2.15. The van der Waals surface area contributed by atoms with E-state index in [1.54, 1.807) is 0 Å². The normalized spacial score (nSPS) is 11.1. The van der Waals surface area contributed by atoms with Crippen LogP contribution in [0.2, 0.25) is 0 Å². The Morgan fingerprint density at radius 1 is 1.43 bits per heavy atom. The van der Waals surface area contributed by atoms with Gasteiger partial charge in [-0.1, -0.05) is 0 Å². The molecule has 0 heterocycles. The topological polar surface area (TPSA) is 26.0 Å². The van der Waals surface area contributed by atoms with Crippen LogP contribution in [0.15, 0.2) is 22.6 Å². The van der Waals surface area contributed by atoms with Crippen molar-refractivity contribution in [2.75, 3.05) is 0 Å². The van der Waals surface area contributed by atoms with Gasteiger partial charge in [-0.15, -0.1) is 0 Å². The van der Waals surface area contributed by atoms with Crippen LogP contribution in [0.25, 0.3) is 0 Å². The molecule has 0 saturated heterocycles. The van der Waals surface area contributed by atoms with E-state index in [1.807, 2.05) is 29.5 Å². The summed E-state index contributed by atoms with van der Waals surface area (Å²) in [4.78, 5) is 0. The summed E-state index contributed by atoms with van der Waals surface area (Å²) in [7, 11) is 0. The first-order valence-corrected chi connectivity index (χ1v) is 3.96. The van der Waals surface area contributed by atoms with Gasteiger partial charge in [0.05, 0.1) is 0 Å². The van der Waals surface area contributed by atoms with Gasteiger partial charge in [0.1, 0.15) is 0 Å². The number of hydrogen-bond acceptors (Lipinski definition) is 1. The van der Waals surface area contributed by atoms with Gasteiger partial charge in [0.25, 0.3) is 0 Å². The predicted molar refractivity (Wildman–Crippen MR) is 28.1 cm³/mol. The maximum absolute atomic E-state index is 5.27. The van der Waals surface area contributed by atoms with Crippen LogP contribution in [0.5, 0.6) is 0 Å². The van der Waals surface area contributed by atoms with Crippen molar-refractivity contribution in [3.8, 4) is 0 Å². The summed E-state index contributed by atoms with van der Waals surface area (Å²) in [6.07, 6.45) is 5.95. The number of nitrogens with two attached hydrogens (primary N) is 1. The zero-order valence-corrected chi connectivity index (χ0v) is 5.95. The van der Waals surface area contributed by atoms with E-state index >= 15 is 0 Å². The van der Waals surface area contributed by atoms with E-state index in [2.05, 4.69) is 0 Å². The molecular weight excluding hydrogens is 122 g/mol. The molecule has 0 unspecified atom stereocenters. The molecule has 0 amide bonds. The molecule has 0 atom stereocenters. The zero-order chi connectivity index (χ0) is 5.54. The van der Waals surface area contributed by atoms with Gasteiger partial charge in [-0.05, 0) is 0 Å². The third kappa shape index (κ3) is 6.15. The second kappa shape index (κ2) is 6.15. The van der Waals surface area contributed by atoms with Crippen LogP contribution in [0.1, 0.15) is 6.92 Å². The van der Waals surface area contributed by atoms with Gasteiger partial charge < -0.3 is 0 Å². The molecule has 0 saturated carbocycles. The van der Waals surface area contributed by atoms with Crippen molar-refractivity contribution in [1.29, 1.82) is 0 Å². The van der Waals surface area contributed by atoms with E-state index < -0.39 is 0 Å². The molecule has 0 spiro atoms. The Kier molecular flexibility index (Phi) is 6.29. The molecule has 0 aromatic heterocycles. The van der Waals surface area contributed by atoms with Crippen LogP contribution in [0.3, 0.4) is 0 Å². The maximum atomic E-state index is 5.27. The summed E-state index contributed by atoms with van der Waals surface area (Å²) in [5.41, 5.74) is 0. The molecule has 0 aliphatic heterocycles. The third-order valence-corrected chi connectivity index (χ3v) is 1.10. The van der Waals surface area contributed by atoms with E-state index in [0.717, 1.165) is 0 Å². The SMILES string of the molecule is CC=CC=[CH][Ti][NH2]. The second-order valence-electron chi connectivity index (χ2n) is 1.05. The molecule has 0 aromatic carbocycles. The summed E-state index contributed by atoms with van der Waals surface area (Å²) >= 11 is -0.241. The van der Waals surface area contributed by atoms with Crippen LogP contribution < -0.4 is 4.22 Å². The summed E-state index contributed by atoms with van der Waals surface area (Å²) in [6, 6.07) is 0. The van der Waals surface area contributed by atoms with Gasteiger partial charge in [0.15, 0.2) is 0 Å². The molecule has 0 radical (unpaired) electrons. The molecule has 0 aliphatic rings. The van der Waals surface area contributed by atoms with Gasteiger partial charge in [-0.25, -0.2) is 0 Å². The molecule has 0 aliphatic carbocycles. The summed E-state index contributed by atoms with van der Waals surface area (Å²) in [5, 5.41) is 0. The Bertz CT molecular complexity index is 76.1. The van der Waals surface area contributed by atoms with E-state index in [1.165, 1.54) is 0 Å². The zero-order valence-electron chi connectivity index (χ0n) is 4.39. The summed E-state index contributed by atoms with van der Waals surface area (Å²) in [6.45, 7) is 1.99. The second-order valence-corrected chi connectivity index (χ2v) is 2.09. The molecule has 38 valence electrons. The average molecular weight is 131 g/mol. The Hall–Kier alpha value is 0.154. The van der Waals surface area contributed by atoms with E-state index in [4.69, 9.17) is 4.22 Å². The van der Waals surface area contributed by atoms with Crippen LogP contribution in [-0.2, 0) is 19.4 Å². The number of hydrogen-bond donors (Lipinski definition) is 1. The molecule has 2 N–H and O–H groups in total. The van der Waals surface area contributed by atoms with Crippen LogP contribution in [0, 0.1) is 0 Å². The first-order chi connectivity index (χ1) is 3.41. The molecule has 0 aromatic rings. The van der Waals surface area contributed by atoms with Gasteiger partial charge in [-0.2, -0.15) is 0 Å². The average Bonchev–Trinajstić information content (AvgIpc) is 1.69. The van der Waals surface area contributed by atoms with Crippen molar-refractivity contribution in [2.45, 2.75) is 6.92 Å². The van der Waals surface area contributed by atoms with Crippen molar-refractivity contribution >= 4 is 0 Å². The third-order valence-electron chi connectivity index (χ3n) is 0.496. The quantitative estimate of drug-likeness (QED) is 0.439. The van der Waals surface area contributed by atoms with Crippen molar-refractivity contribution < 1.29 is 19.4 Å². The van der Waals surface area contributed by atoms with E-state index in [9.17, 15) is 0 Å². The van der Waals surface area contributed by atoms with Crippen LogP contribution >= 0.6 is 0 Å². The number of allylic oxidation sites excluding steroid dienone is 3. The Morgan fingerprint density at radius 3 is 2.57 bits per heavy atom. The van der Waals surface area contributed by atoms with Gasteiger partial charge in [-0.3, -0.25) is 0 Å². The Balaban J connectivity index is 3.09. The fourth-order valence-electron chi connectivity index (χ4n) is 0.222. The number of rotatable bonds is 2. The standard InChI is InChI=1S/C5H7.H2N.Ti/c1-3-5-4-2;;/h1,3-5H,2H3;1H2;/q;-1;+1. The van der Waals surface area contributed by atoms with Crippen LogP contribution in [-0.4, -0.2) is 0 Å². The van der Waals surface area contributed by atoms with E-state index in [-0.39, 0.29) is 19.4 Å². The van der Waals surface area contributed by atoms with Crippen molar-refractivity contribution in [1.82, 2.24) is 0 Å². The molecule has 0 bridgehead atoms. The Labute approximate surface area is 53.5 Å². The molecule has 1 nitrogen and oxygen atoms in total. The van der Waals surface area contributed by atoms with Crippen molar-refractivity contribution in [2.24, 2.45) is 4.22 Å². The summed E-state index contributed by atoms with van der Waals surface area (Å²) in [5.74, 6) is 0. The van der Waals surface area contributed by atoms with Gasteiger partial charge in [0.2, 0.25) is 0 Å². The minimum atomic E-state index is -0.241. The minimum absolute atomic E-state index is 0.241. The van der Waals surface area contributed by atoms with Crippen molar-refractivity contribution in [3.05, 3.63) is 22.6 Å². The Morgan fingerprint density at radius 2 is 2.14 bits per heavy atom. The molecule has 0 fully saturated rings. The van der Waals surface area contributed by atoms with Gasteiger partial charge in [0, 0.05) is 0 Å². The van der Waals surface area contributed by atoms with Gasteiger partial charge >= 0.3 is 53.2 Å². The molecular formula is C5H9NTi. The fraction of sp³-hybridized carbons (Fsp3) is 0.200. The van der Waals surface area contributed by atoms with Crippen molar-refractivity contribution in [3.63, 3.8) is 0 Å². The fourth-order valence-corrected chi connectivity index (χ4v) is 0.569. The molecule has 7 heavy (non-hydrogen) atoms.